The van der Waals surface area contributed by atoms with E-state index in [2.05, 4.69) is 14.5 Å². The van der Waals surface area contributed by atoms with Crippen LogP contribution in [0, 0.1) is 0 Å². The highest BCUT2D eigenvalue weighted by Gasteiger charge is 2.14. The number of nitrogens with zero attached hydrogens (tertiary/aromatic N) is 3. The van der Waals surface area contributed by atoms with Crippen LogP contribution in [-0.4, -0.2) is 25.6 Å². The normalized spacial score (nSPS) is 13.5. The summed E-state index contributed by atoms with van der Waals surface area (Å²) in [7, 11) is 0. The van der Waals surface area contributed by atoms with Gasteiger partial charge in [0.1, 0.15) is 17.2 Å². The molecule has 0 atom stereocenters. The van der Waals surface area contributed by atoms with Crippen molar-refractivity contribution in [2.24, 2.45) is 0 Å². The van der Waals surface area contributed by atoms with E-state index in [9.17, 15) is 4.79 Å². The van der Waals surface area contributed by atoms with E-state index in [-0.39, 0.29) is 18.1 Å². The maximum absolute atomic E-state index is 10.9. The summed E-state index contributed by atoms with van der Waals surface area (Å²) in [5.74, 6) is 0.0552. The molecule has 19 heavy (non-hydrogen) atoms. The predicted molar refractivity (Wildman–Crippen MR) is 72.6 cm³/mol. The number of hydrogen-bond acceptors (Lipinski definition) is 3. The van der Waals surface area contributed by atoms with Gasteiger partial charge in [-0.15, -0.1) is 12.4 Å². The van der Waals surface area contributed by atoms with Gasteiger partial charge in [-0.2, -0.15) is 0 Å². The Labute approximate surface area is 116 Å². The molecule has 3 heterocycles. The average molecular weight is 280 g/mol. The van der Waals surface area contributed by atoms with Gasteiger partial charge < -0.3 is 9.67 Å². The zero-order chi connectivity index (χ0) is 12.5. The van der Waals surface area contributed by atoms with Gasteiger partial charge in [-0.25, -0.2) is 14.8 Å². The van der Waals surface area contributed by atoms with E-state index in [0.717, 1.165) is 24.5 Å². The average Bonchev–Trinajstić information content (AvgIpc) is 2.82. The molecule has 0 spiro atoms. The van der Waals surface area contributed by atoms with Crippen molar-refractivity contribution in [3.05, 3.63) is 35.9 Å². The highest BCUT2D eigenvalue weighted by Crippen LogP contribution is 2.21. The summed E-state index contributed by atoms with van der Waals surface area (Å²) in [6.45, 7) is 0.987. The van der Waals surface area contributed by atoms with Gasteiger partial charge in [0.25, 0.3) is 0 Å². The van der Waals surface area contributed by atoms with Crippen molar-refractivity contribution in [2.45, 2.75) is 25.8 Å². The zero-order valence-electron chi connectivity index (χ0n) is 10.2. The number of carbonyl (C=O) groups is 1. The summed E-state index contributed by atoms with van der Waals surface area (Å²) < 4.78 is 2.13. The van der Waals surface area contributed by atoms with Crippen molar-refractivity contribution in [2.75, 3.05) is 0 Å². The molecular weight excluding hydrogens is 266 g/mol. The Morgan fingerprint density at radius 1 is 1.21 bits per heavy atom. The van der Waals surface area contributed by atoms with Crippen molar-refractivity contribution in [3.8, 4) is 11.4 Å². The number of pyridine rings is 1. The molecule has 0 fully saturated rings. The largest absolute Gasteiger partial charge is 0.477 e. The number of rotatable bonds is 2. The van der Waals surface area contributed by atoms with Gasteiger partial charge in [-0.05, 0) is 25.0 Å². The fourth-order valence-corrected chi connectivity index (χ4v) is 2.23. The van der Waals surface area contributed by atoms with Crippen LogP contribution in [0.15, 0.2) is 24.4 Å². The Bertz CT molecular complexity index is 586. The Morgan fingerprint density at radius 2 is 2.05 bits per heavy atom. The van der Waals surface area contributed by atoms with Gasteiger partial charge in [0.05, 0.1) is 5.69 Å². The van der Waals surface area contributed by atoms with Crippen LogP contribution in [-0.2, 0) is 13.0 Å². The monoisotopic (exact) mass is 279 g/mol. The summed E-state index contributed by atoms with van der Waals surface area (Å²) in [4.78, 5) is 19.5. The minimum absolute atomic E-state index is 0. The molecule has 100 valence electrons. The van der Waals surface area contributed by atoms with Crippen molar-refractivity contribution < 1.29 is 9.90 Å². The van der Waals surface area contributed by atoms with Gasteiger partial charge >= 0.3 is 5.97 Å². The molecule has 1 aliphatic rings. The summed E-state index contributed by atoms with van der Waals surface area (Å²) in [6, 6.07) is 4.98. The van der Waals surface area contributed by atoms with E-state index in [0.29, 0.717) is 5.69 Å². The number of hydrogen-bond donors (Lipinski definition) is 1. The Balaban J connectivity index is 0.00000133. The van der Waals surface area contributed by atoms with Crippen molar-refractivity contribution in [1.29, 1.82) is 0 Å². The van der Waals surface area contributed by atoms with Crippen LogP contribution in [0.1, 0.15) is 29.2 Å². The molecule has 0 saturated heterocycles. The molecule has 0 aliphatic carbocycles. The van der Waals surface area contributed by atoms with Crippen molar-refractivity contribution in [1.82, 2.24) is 14.5 Å². The fourth-order valence-electron chi connectivity index (χ4n) is 2.23. The number of aromatic nitrogens is 3. The second kappa shape index (κ2) is 5.40. The lowest BCUT2D eigenvalue weighted by molar-refractivity contribution is 0.0690. The van der Waals surface area contributed by atoms with Gasteiger partial charge in [0.15, 0.2) is 0 Å². The van der Waals surface area contributed by atoms with Crippen LogP contribution in [0.25, 0.3) is 11.4 Å². The smallest absolute Gasteiger partial charge is 0.354 e. The van der Waals surface area contributed by atoms with Crippen LogP contribution in [0.4, 0.5) is 0 Å². The molecule has 0 saturated carbocycles. The summed E-state index contributed by atoms with van der Waals surface area (Å²) in [5.41, 5.74) is 1.44. The standard InChI is InChI=1S/C13H13N3O2.ClH/c17-13(18)10-5-3-4-9(14-10)11-8-16-7-2-1-6-12(16)15-11;/h3-5,8H,1-2,6-7H2,(H,17,18);1H. The lowest BCUT2D eigenvalue weighted by Crippen LogP contribution is -2.08. The van der Waals surface area contributed by atoms with Gasteiger partial charge in [0.2, 0.25) is 0 Å². The van der Waals surface area contributed by atoms with Gasteiger partial charge in [0, 0.05) is 19.2 Å². The van der Waals surface area contributed by atoms with E-state index in [1.54, 1.807) is 12.1 Å². The summed E-state index contributed by atoms with van der Waals surface area (Å²) in [5, 5.41) is 8.93. The van der Waals surface area contributed by atoms with E-state index in [1.165, 1.54) is 18.9 Å². The lowest BCUT2D eigenvalue weighted by atomic mass is 10.2. The molecule has 0 bridgehead atoms. The highest BCUT2D eigenvalue weighted by molar-refractivity contribution is 5.86. The number of aromatic carboxylic acids is 1. The van der Waals surface area contributed by atoms with Crippen LogP contribution < -0.4 is 0 Å². The molecule has 1 N–H and O–H groups in total. The van der Waals surface area contributed by atoms with Gasteiger partial charge in [-0.1, -0.05) is 6.07 Å². The molecule has 2 aromatic rings. The molecule has 0 aromatic carbocycles. The van der Waals surface area contributed by atoms with E-state index < -0.39 is 5.97 Å². The molecule has 6 heteroatoms. The Kier molecular flexibility index (Phi) is 3.85. The first-order valence-corrected chi connectivity index (χ1v) is 6.01. The molecule has 2 aromatic heterocycles. The first-order chi connectivity index (χ1) is 8.74. The zero-order valence-corrected chi connectivity index (χ0v) is 11.1. The molecule has 0 radical (unpaired) electrons. The van der Waals surface area contributed by atoms with E-state index in [4.69, 9.17) is 5.11 Å². The number of carboxylic acids is 1. The molecule has 0 unspecified atom stereocenters. The lowest BCUT2D eigenvalue weighted by Gasteiger charge is -2.11. The fraction of sp³-hybridized carbons (Fsp3) is 0.308. The summed E-state index contributed by atoms with van der Waals surface area (Å²) in [6.07, 6.45) is 5.28. The molecule has 5 nitrogen and oxygen atoms in total. The quantitative estimate of drug-likeness (QED) is 0.916. The van der Waals surface area contributed by atoms with Crippen LogP contribution in [0.2, 0.25) is 0 Å². The number of carboxylic acid groups (broad SMARTS) is 1. The maximum atomic E-state index is 10.9. The second-order valence-corrected chi connectivity index (χ2v) is 4.41. The number of aryl methyl sites for hydroxylation is 2. The van der Waals surface area contributed by atoms with Crippen molar-refractivity contribution in [3.63, 3.8) is 0 Å². The second-order valence-electron chi connectivity index (χ2n) is 4.41. The molecular formula is C13H14ClN3O2. The van der Waals surface area contributed by atoms with Crippen LogP contribution in [0.3, 0.4) is 0 Å². The topological polar surface area (TPSA) is 68.0 Å². The summed E-state index contributed by atoms with van der Waals surface area (Å²) >= 11 is 0. The van der Waals surface area contributed by atoms with E-state index >= 15 is 0 Å². The maximum Gasteiger partial charge on any atom is 0.354 e. The molecule has 0 amide bonds. The van der Waals surface area contributed by atoms with Crippen LogP contribution in [0.5, 0.6) is 0 Å². The number of fused-ring (bicyclic) bond motifs is 1. The third kappa shape index (κ3) is 2.61. The molecule has 3 rings (SSSR count). The third-order valence-electron chi connectivity index (χ3n) is 3.14. The van der Waals surface area contributed by atoms with Crippen LogP contribution >= 0.6 is 12.4 Å². The predicted octanol–water partition coefficient (Wildman–Crippen LogP) is 2.40. The van der Waals surface area contributed by atoms with Gasteiger partial charge in [-0.3, -0.25) is 0 Å². The third-order valence-corrected chi connectivity index (χ3v) is 3.14. The highest BCUT2D eigenvalue weighted by atomic mass is 35.5. The van der Waals surface area contributed by atoms with E-state index in [1.807, 2.05) is 6.20 Å². The van der Waals surface area contributed by atoms with Crippen molar-refractivity contribution >= 4 is 18.4 Å². The molecule has 1 aliphatic heterocycles. The first-order valence-electron chi connectivity index (χ1n) is 6.01. The minimum atomic E-state index is -1.01. The Hall–Kier alpha value is -1.88. The Morgan fingerprint density at radius 3 is 2.79 bits per heavy atom. The first kappa shape index (κ1) is 13.5. The number of imidazole rings is 1. The SMILES string of the molecule is Cl.O=C(O)c1cccc(-c2cn3c(n2)CCCC3)n1. The minimum Gasteiger partial charge on any atom is -0.477 e. The number of halogens is 1.